The predicted molar refractivity (Wildman–Crippen MR) is 94.5 cm³/mol. The average Bonchev–Trinajstić information content (AvgIpc) is 2.59. The number of aromatic hydroxyl groups is 1. The van der Waals surface area contributed by atoms with Gasteiger partial charge in [-0.25, -0.2) is 9.78 Å². The number of hydrogen-bond donors (Lipinski definition) is 2. The van der Waals surface area contributed by atoms with Crippen molar-refractivity contribution in [1.82, 2.24) is 10.3 Å². The average molecular weight is 363 g/mol. The number of rotatable bonds is 6. The summed E-state index contributed by atoms with van der Waals surface area (Å²) < 4.78 is 4.90. The number of aromatic nitrogens is 1. The first-order valence-corrected chi connectivity index (χ1v) is 8.26. The Balaban J connectivity index is 2.19. The molecule has 1 aromatic carbocycles. The van der Waals surface area contributed by atoms with Gasteiger partial charge in [-0.2, -0.15) is 0 Å². The summed E-state index contributed by atoms with van der Waals surface area (Å²) in [5, 5.41) is 13.2. The van der Waals surface area contributed by atoms with Gasteiger partial charge in [0.25, 0.3) is 5.91 Å². The molecule has 0 saturated heterocycles. The number of esters is 1. The molecule has 0 fully saturated rings. The lowest BCUT2D eigenvalue weighted by Crippen LogP contribution is -2.41. The smallest absolute Gasteiger partial charge is 0.328 e. The third-order valence-corrected chi connectivity index (χ3v) is 3.76. The van der Waals surface area contributed by atoms with E-state index in [4.69, 9.17) is 16.3 Å². The molecule has 0 aliphatic rings. The lowest BCUT2D eigenvalue weighted by Gasteiger charge is -2.15. The van der Waals surface area contributed by atoms with Crippen molar-refractivity contribution in [3.05, 3.63) is 47.2 Å². The zero-order valence-corrected chi connectivity index (χ0v) is 14.7. The van der Waals surface area contributed by atoms with Gasteiger partial charge in [-0.3, -0.25) is 4.79 Å². The summed E-state index contributed by atoms with van der Waals surface area (Å²) in [6.07, 6.45) is 1.83. The lowest BCUT2D eigenvalue weighted by molar-refractivity contribution is -0.145. The Morgan fingerprint density at radius 3 is 2.64 bits per heavy atom. The number of carbonyl (C=O) groups excluding carboxylic acids is 2. The van der Waals surface area contributed by atoms with Crippen molar-refractivity contribution in [2.24, 2.45) is 0 Å². The van der Waals surface area contributed by atoms with Crippen LogP contribution in [0.15, 0.2) is 36.5 Å². The van der Waals surface area contributed by atoms with Crippen LogP contribution in [-0.2, 0) is 9.53 Å². The normalized spacial score (nSPS) is 11.6. The monoisotopic (exact) mass is 362 g/mol. The zero-order valence-electron chi connectivity index (χ0n) is 14.0. The highest BCUT2D eigenvalue weighted by Gasteiger charge is 2.23. The van der Waals surface area contributed by atoms with Crippen molar-refractivity contribution in [2.45, 2.75) is 26.3 Å². The van der Waals surface area contributed by atoms with Crippen LogP contribution in [0.5, 0.6) is 5.75 Å². The van der Waals surface area contributed by atoms with E-state index < -0.39 is 17.9 Å². The second kappa shape index (κ2) is 8.48. The summed E-state index contributed by atoms with van der Waals surface area (Å²) in [5.74, 6) is -1.45. The Bertz CT molecular complexity index is 779. The van der Waals surface area contributed by atoms with Crippen LogP contribution in [0.25, 0.3) is 11.1 Å². The Labute approximate surface area is 150 Å². The summed E-state index contributed by atoms with van der Waals surface area (Å²) >= 11 is 5.95. The maximum atomic E-state index is 12.3. The van der Waals surface area contributed by atoms with Crippen LogP contribution in [0.3, 0.4) is 0 Å². The Hall–Kier alpha value is -2.60. The van der Waals surface area contributed by atoms with Crippen LogP contribution in [0.1, 0.15) is 30.8 Å². The first kappa shape index (κ1) is 18.7. The van der Waals surface area contributed by atoms with Gasteiger partial charge < -0.3 is 15.2 Å². The number of halogens is 1. The molecule has 25 heavy (non-hydrogen) atoms. The summed E-state index contributed by atoms with van der Waals surface area (Å²) in [6, 6.07) is 7.70. The van der Waals surface area contributed by atoms with Crippen molar-refractivity contribution in [2.75, 3.05) is 6.61 Å². The number of benzene rings is 1. The number of amides is 1. The van der Waals surface area contributed by atoms with Gasteiger partial charge in [0.2, 0.25) is 0 Å². The van der Waals surface area contributed by atoms with Crippen molar-refractivity contribution in [3.63, 3.8) is 0 Å². The van der Waals surface area contributed by atoms with E-state index in [1.54, 1.807) is 32.0 Å². The molecule has 2 N–H and O–H groups in total. The number of carbonyl (C=O) groups is 2. The lowest BCUT2D eigenvalue weighted by atomic mass is 10.1. The number of hydrogen-bond acceptors (Lipinski definition) is 5. The first-order valence-electron chi connectivity index (χ1n) is 7.88. The maximum Gasteiger partial charge on any atom is 0.328 e. The Morgan fingerprint density at radius 2 is 2.04 bits per heavy atom. The summed E-state index contributed by atoms with van der Waals surface area (Å²) in [5.41, 5.74) is 1.22. The molecule has 2 rings (SSSR count). The molecule has 0 saturated carbocycles. The number of nitrogens with one attached hydrogen (secondary N) is 1. The van der Waals surface area contributed by atoms with E-state index in [-0.39, 0.29) is 18.1 Å². The van der Waals surface area contributed by atoms with Crippen molar-refractivity contribution >= 4 is 23.5 Å². The third kappa shape index (κ3) is 4.70. The predicted octanol–water partition coefficient (Wildman–Crippen LogP) is 3.18. The minimum absolute atomic E-state index is 0.159. The van der Waals surface area contributed by atoms with E-state index in [2.05, 4.69) is 10.3 Å². The van der Waals surface area contributed by atoms with E-state index in [0.717, 1.165) is 5.56 Å². The molecule has 0 bridgehead atoms. The number of nitrogens with zero attached hydrogens (tertiary/aromatic N) is 1. The maximum absolute atomic E-state index is 12.3. The highest BCUT2D eigenvalue weighted by atomic mass is 35.5. The van der Waals surface area contributed by atoms with Crippen LogP contribution in [0.2, 0.25) is 5.02 Å². The largest absolute Gasteiger partial charge is 0.505 e. The van der Waals surface area contributed by atoms with E-state index in [1.807, 2.05) is 6.07 Å². The molecule has 132 valence electrons. The molecule has 1 aromatic heterocycles. The minimum Gasteiger partial charge on any atom is -0.505 e. The van der Waals surface area contributed by atoms with Gasteiger partial charge >= 0.3 is 5.97 Å². The minimum atomic E-state index is -0.791. The highest BCUT2D eigenvalue weighted by molar-refractivity contribution is 6.30. The molecule has 0 spiro atoms. The standard InChI is InChI=1S/C18H19ClN2O4/c1-3-14(18(24)25-4-2)21-17(23)16-15(22)9-12(10-20-16)11-6-5-7-13(19)8-11/h5-10,14,22H,3-4H2,1-2H3,(H,21,23). The quantitative estimate of drug-likeness (QED) is 0.770. The SMILES string of the molecule is CCOC(=O)C(CC)NC(=O)c1ncc(-c2cccc(Cl)c2)cc1O. The van der Waals surface area contributed by atoms with Crippen LogP contribution < -0.4 is 5.32 Å². The number of ether oxygens (including phenoxy) is 1. The van der Waals surface area contributed by atoms with E-state index in [1.165, 1.54) is 12.3 Å². The Morgan fingerprint density at radius 1 is 1.28 bits per heavy atom. The van der Waals surface area contributed by atoms with Gasteiger partial charge in [0, 0.05) is 16.8 Å². The van der Waals surface area contributed by atoms with E-state index in [0.29, 0.717) is 17.0 Å². The highest BCUT2D eigenvalue weighted by Crippen LogP contribution is 2.26. The fraction of sp³-hybridized carbons (Fsp3) is 0.278. The van der Waals surface area contributed by atoms with Crippen LogP contribution in [0.4, 0.5) is 0 Å². The fourth-order valence-corrected chi connectivity index (χ4v) is 2.44. The van der Waals surface area contributed by atoms with Crippen molar-refractivity contribution in [1.29, 1.82) is 0 Å². The van der Waals surface area contributed by atoms with Gasteiger partial charge in [-0.1, -0.05) is 30.7 Å². The van der Waals surface area contributed by atoms with Gasteiger partial charge in [0.1, 0.15) is 11.8 Å². The summed E-state index contributed by atoms with van der Waals surface area (Å²) in [6.45, 7) is 3.66. The van der Waals surface area contributed by atoms with Crippen LogP contribution in [0, 0.1) is 0 Å². The van der Waals surface area contributed by atoms with Gasteiger partial charge in [0.15, 0.2) is 5.69 Å². The van der Waals surface area contributed by atoms with Gasteiger partial charge in [-0.15, -0.1) is 0 Å². The van der Waals surface area contributed by atoms with Gasteiger partial charge in [-0.05, 0) is 37.1 Å². The first-order chi connectivity index (χ1) is 12.0. The second-order valence-corrected chi connectivity index (χ2v) is 5.72. The molecule has 1 heterocycles. The topological polar surface area (TPSA) is 88.5 Å². The summed E-state index contributed by atoms with van der Waals surface area (Å²) in [4.78, 5) is 28.1. The molecular weight excluding hydrogens is 344 g/mol. The second-order valence-electron chi connectivity index (χ2n) is 5.29. The number of pyridine rings is 1. The zero-order chi connectivity index (χ0) is 18.4. The van der Waals surface area contributed by atoms with Crippen LogP contribution >= 0.6 is 11.6 Å². The Kier molecular flexibility index (Phi) is 6.36. The third-order valence-electron chi connectivity index (χ3n) is 3.53. The van der Waals surface area contributed by atoms with Crippen molar-refractivity contribution < 1.29 is 19.4 Å². The molecule has 1 amide bonds. The molecule has 7 heteroatoms. The molecule has 1 atom stereocenters. The molecule has 6 nitrogen and oxygen atoms in total. The van der Waals surface area contributed by atoms with Crippen LogP contribution in [-0.4, -0.2) is 34.6 Å². The molecule has 0 aliphatic heterocycles. The van der Waals surface area contributed by atoms with E-state index in [9.17, 15) is 14.7 Å². The van der Waals surface area contributed by atoms with Gasteiger partial charge in [0.05, 0.1) is 6.61 Å². The fourth-order valence-electron chi connectivity index (χ4n) is 2.25. The molecule has 2 aromatic rings. The molecule has 0 aliphatic carbocycles. The molecular formula is C18H19ClN2O4. The van der Waals surface area contributed by atoms with Crippen molar-refractivity contribution in [3.8, 4) is 16.9 Å². The molecule has 0 radical (unpaired) electrons. The summed E-state index contributed by atoms with van der Waals surface area (Å²) in [7, 11) is 0. The van der Waals surface area contributed by atoms with E-state index >= 15 is 0 Å². The molecule has 1 unspecified atom stereocenters.